The molecule has 9 nitrogen and oxygen atoms in total. The first-order valence-corrected chi connectivity index (χ1v) is 7.38. The fourth-order valence-electron chi connectivity index (χ4n) is 2.45. The van der Waals surface area contributed by atoms with Gasteiger partial charge >= 0.3 is 10.8 Å². The predicted octanol–water partition coefficient (Wildman–Crippen LogP) is -0.353. The third-order valence-corrected chi connectivity index (χ3v) is 4.18. The molecule has 0 saturated carbocycles. The van der Waals surface area contributed by atoms with Gasteiger partial charge in [0.1, 0.15) is 6.10 Å². The molecule has 1 saturated heterocycles. The predicted molar refractivity (Wildman–Crippen MR) is 77.3 cm³/mol. The lowest BCUT2D eigenvalue weighted by molar-refractivity contribution is -0.152. The van der Waals surface area contributed by atoms with Crippen LogP contribution in [0.15, 0.2) is 11.0 Å². The smallest absolute Gasteiger partial charge is 0.311 e. The van der Waals surface area contributed by atoms with E-state index in [1.165, 1.54) is 17.7 Å². The Morgan fingerprint density at radius 3 is 3.14 bits per heavy atom. The molecular formula is C12H14N4O5S. The van der Waals surface area contributed by atoms with Gasteiger partial charge in [0.2, 0.25) is 5.95 Å². The second kappa shape index (κ2) is 5.63. The van der Waals surface area contributed by atoms with Gasteiger partial charge in [-0.1, -0.05) is 11.3 Å². The van der Waals surface area contributed by atoms with E-state index in [1.807, 2.05) is 0 Å². The van der Waals surface area contributed by atoms with E-state index in [0.29, 0.717) is 16.8 Å². The highest BCUT2D eigenvalue weighted by Crippen LogP contribution is 2.33. The zero-order valence-corrected chi connectivity index (χ0v) is 12.4. The first-order chi connectivity index (χ1) is 10.5. The molecule has 0 bridgehead atoms. The summed E-state index contributed by atoms with van der Waals surface area (Å²) in [6.07, 6.45) is -0.293. The molecule has 2 aromatic rings. The zero-order valence-electron chi connectivity index (χ0n) is 11.6. The van der Waals surface area contributed by atoms with Crippen LogP contribution >= 0.6 is 11.3 Å². The first kappa shape index (κ1) is 14.9. The minimum Gasteiger partial charge on any atom is -0.458 e. The summed E-state index contributed by atoms with van der Waals surface area (Å²) in [6.45, 7) is 1.04. The SMILES string of the molecule is CC(=O)O[C@@H]1C[C@@H](CO)O[C@H]1n1c(=O)sc2cnc(N)nc21. The number of anilines is 1. The topological polar surface area (TPSA) is 130 Å². The maximum atomic E-state index is 12.3. The molecule has 3 N–H and O–H groups in total. The summed E-state index contributed by atoms with van der Waals surface area (Å²) >= 11 is 0.948. The van der Waals surface area contributed by atoms with Crippen LogP contribution in [-0.2, 0) is 14.3 Å². The fourth-order valence-corrected chi connectivity index (χ4v) is 3.27. The molecule has 22 heavy (non-hydrogen) atoms. The molecule has 3 atom stereocenters. The average molecular weight is 326 g/mol. The number of hydrogen-bond acceptors (Lipinski definition) is 9. The van der Waals surface area contributed by atoms with Gasteiger partial charge in [-0.2, -0.15) is 4.98 Å². The van der Waals surface area contributed by atoms with Crippen LogP contribution in [0.4, 0.5) is 5.95 Å². The number of aliphatic hydroxyl groups excluding tert-OH is 1. The molecule has 3 heterocycles. The van der Waals surface area contributed by atoms with Crippen LogP contribution in [0.2, 0.25) is 0 Å². The van der Waals surface area contributed by atoms with Crippen LogP contribution in [-0.4, -0.2) is 44.4 Å². The number of hydrogen-bond donors (Lipinski definition) is 2. The van der Waals surface area contributed by atoms with Gasteiger partial charge < -0.3 is 20.3 Å². The number of esters is 1. The highest BCUT2D eigenvalue weighted by Gasteiger charge is 2.40. The van der Waals surface area contributed by atoms with E-state index in [-0.39, 0.29) is 17.4 Å². The number of nitrogens with zero attached hydrogens (tertiary/aromatic N) is 3. The van der Waals surface area contributed by atoms with E-state index in [1.54, 1.807) is 0 Å². The van der Waals surface area contributed by atoms with Gasteiger partial charge in [-0.25, -0.2) is 4.98 Å². The summed E-state index contributed by atoms with van der Waals surface area (Å²) < 4.78 is 12.7. The minimum atomic E-state index is -0.850. The average Bonchev–Trinajstić information content (AvgIpc) is 2.98. The summed E-state index contributed by atoms with van der Waals surface area (Å²) in [5, 5.41) is 9.26. The van der Waals surface area contributed by atoms with Crippen molar-refractivity contribution in [2.24, 2.45) is 0 Å². The summed E-state index contributed by atoms with van der Waals surface area (Å²) in [6, 6.07) is 0. The molecule has 1 aliphatic rings. The van der Waals surface area contributed by atoms with Gasteiger partial charge in [-0.05, 0) is 0 Å². The number of aromatic nitrogens is 3. The lowest BCUT2D eigenvalue weighted by atomic mass is 10.2. The van der Waals surface area contributed by atoms with E-state index in [2.05, 4.69) is 9.97 Å². The fraction of sp³-hybridized carbons (Fsp3) is 0.500. The van der Waals surface area contributed by atoms with Gasteiger partial charge in [-0.3, -0.25) is 14.2 Å². The van der Waals surface area contributed by atoms with Crippen molar-refractivity contribution in [3.8, 4) is 0 Å². The molecule has 3 rings (SSSR count). The molecule has 10 heteroatoms. The maximum absolute atomic E-state index is 12.3. The van der Waals surface area contributed by atoms with Crippen LogP contribution in [0, 0.1) is 0 Å². The quantitative estimate of drug-likeness (QED) is 0.732. The number of nitrogen functional groups attached to an aromatic ring is 1. The van der Waals surface area contributed by atoms with Crippen molar-refractivity contribution in [3.05, 3.63) is 15.9 Å². The second-order valence-corrected chi connectivity index (χ2v) is 5.86. The number of ether oxygens (including phenoxy) is 2. The summed E-state index contributed by atoms with van der Waals surface area (Å²) in [4.78, 5) is 31.1. The Bertz CT molecular complexity index is 772. The van der Waals surface area contributed by atoms with Crippen molar-refractivity contribution < 1.29 is 19.4 Å². The number of thiazole rings is 1. The molecule has 118 valence electrons. The number of aliphatic hydroxyl groups is 1. The minimum absolute atomic E-state index is 0.0276. The van der Waals surface area contributed by atoms with Crippen LogP contribution in [0.25, 0.3) is 10.3 Å². The standard InChI is InChI=1S/C12H14N4O5S/c1-5(18)20-7-2-6(4-17)21-10(7)16-9-8(22-12(16)19)3-14-11(13)15-9/h3,6-7,10,17H,2,4H2,1H3,(H2,13,14,15)/t6-,7+,10+/m0/s1. The molecular weight excluding hydrogens is 312 g/mol. The largest absolute Gasteiger partial charge is 0.458 e. The van der Waals surface area contributed by atoms with E-state index in [4.69, 9.17) is 15.2 Å². The van der Waals surface area contributed by atoms with Gasteiger partial charge in [0.15, 0.2) is 11.9 Å². The van der Waals surface area contributed by atoms with Gasteiger partial charge in [0, 0.05) is 13.3 Å². The van der Waals surface area contributed by atoms with Crippen molar-refractivity contribution in [2.45, 2.75) is 31.8 Å². The van der Waals surface area contributed by atoms with Crippen LogP contribution in [0.1, 0.15) is 19.6 Å². The van der Waals surface area contributed by atoms with Crippen LogP contribution < -0.4 is 10.6 Å². The van der Waals surface area contributed by atoms with Crippen molar-refractivity contribution in [3.63, 3.8) is 0 Å². The normalized spacial score (nSPS) is 24.7. The number of carbonyl (C=O) groups is 1. The van der Waals surface area contributed by atoms with E-state index < -0.39 is 24.4 Å². The van der Waals surface area contributed by atoms with E-state index >= 15 is 0 Å². The molecule has 0 amide bonds. The Hall–Kier alpha value is -2.04. The highest BCUT2D eigenvalue weighted by atomic mass is 32.1. The van der Waals surface area contributed by atoms with Crippen LogP contribution in [0.3, 0.4) is 0 Å². The van der Waals surface area contributed by atoms with Crippen LogP contribution in [0.5, 0.6) is 0 Å². The molecule has 0 unspecified atom stereocenters. The molecule has 0 spiro atoms. The van der Waals surface area contributed by atoms with E-state index in [9.17, 15) is 14.7 Å². The van der Waals surface area contributed by atoms with E-state index in [0.717, 1.165) is 11.3 Å². The second-order valence-electron chi connectivity index (χ2n) is 4.87. The van der Waals surface area contributed by atoms with Gasteiger partial charge in [0.05, 0.1) is 23.6 Å². The summed E-state index contributed by atoms with van der Waals surface area (Å²) in [7, 11) is 0. The number of nitrogens with two attached hydrogens (primary N) is 1. The summed E-state index contributed by atoms with van der Waals surface area (Å²) in [5.41, 5.74) is 5.89. The lowest BCUT2D eigenvalue weighted by Crippen LogP contribution is -2.30. The Kier molecular flexibility index (Phi) is 3.81. The van der Waals surface area contributed by atoms with Crippen molar-refractivity contribution in [2.75, 3.05) is 12.3 Å². The lowest BCUT2D eigenvalue weighted by Gasteiger charge is -2.19. The van der Waals surface area contributed by atoms with Crippen molar-refractivity contribution >= 4 is 33.6 Å². The molecule has 1 fully saturated rings. The van der Waals surface area contributed by atoms with Gasteiger partial charge in [-0.15, -0.1) is 0 Å². The summed E-state index contributed by atoms with van der Waals surface area (Å²) in [5.74, 6) is -0.460. The molecule has 0 radical (unpaired) electrons. The third-order valence-electron chi connectivity index (χ3n) is 3.30. The maximum Gasteiger partial charge on any atom is 0.311 e. The monoisotopic (exact) mass is 326 g/mol. The molecule has 2 aromatic heterocycles. The number of rotatable bonds is 3. The van der Waals surface area contributed by atoms with Crippen molar-refractivity contribution in [1.82, 2.24) is 14.5 Å². The number of carbonyl (C=O) groups excluding carboxylic acids is 1. The zero-order chi connectivity index (χ0) is 15.9. The first-order valence-electron chi connectivity index (χ1n) is 6.56. The number of fused-ring (bicyclic) bond motifs is 1. The Labute approximate surface area is 128 Å². The highest BCUT2D eigenvalue weighted by molar-refractivity contribution is 7.16. The van der Waals surface area contributed by atoms with Gasteiger partial charge in [0.25, 0.3) is 0 Å². The van der Waals surface area contributed by atoms with Crippen molar-refractivity contribution in [1.29, 1.82) is 0 Å². The molecule has 1 aliphatic heterocycles. The Morgan fingerprint density at radius 1 is 1.68 bits per heavy atom. The molecule has 0 aromatic carbocycles. The Balaban J connectivity index is 2.08. The Morgan fingerprint density at radius 2 is 2.45 bits per heavy atom. The molecule has 0 aliphatic carbocycles. The third kappa shape index (κ3) is 2.56.